The number of urea groups is 1. The van der Waals surface area contributed by atoms with E-state index in [1.54, 1.807) is 36.1 Å². The number of nitrogens with one attached hydrogen (secondary N) is 1. The number of unbranched alkanes of at least 4 members (excludes halogenated alkanes) is 1. The molecular weight excluding hydrogens is 537 g/mol. The minimum atomic E-state index is -4.50. The fourth-order valence-electron chi connectivity index (χ4n) is 5.13. The maximum Gasteiger partial charge on any atom is 0.416 e. The van der Waals surface area contributed by atoms with Gasteiger partial charge in [-0.25, -0.2) is 9.59 Å². The fourth-order valence-corrected chi connectivity index (χ4v) is 5.13. The van der Waals surface area contributed by atoms with Gasteiger partial charge in [0.15, 0.2) is 6.10 Å². The second kappa shape index (κ2) is 16.2. The van der Waals surface area contributed by atoms with E-state index in [4.69, 9.17) is 9.47 Å². The monoisotopic (exact) mass is 578 g/mol. The summed E-state index contributed by atoms with van der Waals surface area (Å²) in [6.45, 7) is 2.95. The Kier molecular flexibility index (Phi) is 12.8. The second-order valence-electron chi connectivity index (χ2n) is 10.5. The maximum absolute atomic E-state index is 13.1. The van der Waals surface area contributed by atoms with Crippen LogP contribution in [0.3, 0.4) is 0 Å². The highest BCUT2D eigenvalue weighted by molar-refractivity contribution is 5.89. The Morgan fingerprint density at radius 1 is 1.05 bits per heavy atom. The minimum Gasteiger partial charge on any atom is -0.492 e. The number of carbonyl (C=O) groups is 2. The van der Waals surface area contributed by atoms with Crippen LogP contribution in [0.2, 0.25) is 0 Å². The third-order valence-electron chi connectivity index (χ3n) is 7.36. The van der Waals surface area contributed by atoms with Crippen molar-refractivity contribution in [3.8, 4) is 5.75 Å². The average Bonchev–Trinajstić information content (AvgIpc) is 2.95. The number of hydrogen-bond donors (Lipinski definition) is 2. The Morgan fingerprint density at radius 3 is 2.44 bits per heavy atom. The predicted molar refractivity (Wildman–Crippen MR) is 151 cm³/mol. The molecule has 2 aromatic rings. The van der Waals surface area contributed by atoms with Gasteiger partial charge in [-0.15, -0.1) is 0 Å². The van der Waals surface area contributed by atoms with Crippen LogP contribution in [0.25, 0.3) is 0 Å². The number of amides is 2. The van der Waals surface area contributed by atoms with Crippen LogP contribution < -0.4 is 10.1 Å². The molecule has 1 fully saturated rings. The summed E-state index contributed by atoms with van der Waals surface area (Å²) in [5.74, 6) is 0.281. The lowest BCUT2D eigenvalue weighted by Crippen LogP contribution is -2.38. The van der Waals surface area contributed by atoms with E-state index in [9.17, 15) is 27.9 Å². The average molecular weight is 579 g/mol. The number of rotatable bonds is 15. The zero-order chi connectivity index (χ0) is 29.7. The van der Waals surface area contributed by atoms with Crippen molar-refractivity contribution >= 4 is 17.7 Å². The summed E-state index contributed by atoms with van der Waals surface area (Å²) in [6, 6.07) is 11.1. The summed E-state index contributed by atoms with van der Waals surface area (Å²) in [5, 5.41) is 11.9. The van der Waals surface area contributed by atoms with E-state index in [2.05, 4.69) is 5.32 Å². The van der Waals surface area contributed by atoms with Crippen LogP contribution in [0.1, 0.15) is 69.4 Å². The van der Waals surface area contributed by atoms with Crippen LogP contribution in [0.5, 0.6) is 5.75 Å². The first-order valence-electron chi connectivity index (χ1n) is 14.4. The predicted octanol–water partition coefficient (Wildman–Crippen LogP) is 7.40. The van der Waals surface area contributed by atoms with E-state index in [-0.39, 0.29) is 25.3 Å². The molecule has 1 aliphatic carbocycles. The first-order valence-corrected chi connectivity index (χ1v) is 14.4. The molecule has 1 atom stereocenters. The second-order valence-corrected chi connectivity index (χ2v) is 10.5. The summed E-state index contributed by atoms with van der Waals surface area (Å²) in [7, 11) is 0. The number of hydrogen-bond acceptors (Lipinski definition) is 4. The zero-order valence-corrected chi connectivity index (χ0v) is 23.6. The molecule has 0 bridgehead atoms. The normalized spacial score (nSPS) is 14.8. The van der Waals surface area contributed by atoms with E-state index < -0.39 is 29.8 Å². The van der Waals surface area contributed by atoms with E-state index in [1.807, 2.05) is 0 Å². The molecule has 0 radical (unpaired) electrons. The number of anilines is 1. The van der Waals surface area contributed by atoms with Crippen molar-refractivity contribution in [2.45, 2.75) is 77.0 Å². The summed E-state index contributed by atoms with van der Waals surface area (Å²) in [6.07, 6.45) is 4.09. The van der Waals surface area contributed by atoms with Gasteiger partial charge < -0.3 is 24.8 Å². The molecule has 0 aromatic heterocycles. The van der Waals surface area contributed by atoms with Crippen LogP contribution in [0.15, 0.2) is 48.5 Å². The number of carboxylic acid groups (broad SMARTS) is 1. The Labute approximate surface area is 240 Å². The Hall–Kier alpha value is -3.27. The van der Waals surface area contributed by atoms with Gasteiger partial charge in [0.25, 0.3) is 0 Å². The van der Waals surface area contributed by atoms with Crippen molar-refractivity contribution in [2.24, 2.45) is 5.92 Å². The van der Waals surface area contributed by atoms with Gasteiger partial charge in [-0.2, -0.15) is 13.2 Å². The lowest BCUT2D eigenvalue weighted by atomic mass is 9.86. The molecule has 2 N–H and O–H groups in total. The van der Waals surface area contributed by atoms with Crippen LogP contribution >= 0.6 is 0 Å². The minimum absolute atomic E-state index is 0.0836. The number of carbonyl (C=O) groups excluding carboxylic acids is 1. The molecule has 2 aromatic carbocycles. The first-order chi connectivity index (χ1) is 19.7. The lowest BCUT2D eigenvalue weighted by Gasteiger charge is -2.25. The van der Waals surface area contributed by atoms with Crippen molar-refractivity contribution in [2.75, 3.05) is 31.6 Å². The number of nitrogens with zero attached hydrogens (tertiary/aromatic N) is 1. The van der Waals surface area contributed by atoms with E-state index in [1.165, 1.54) is 44.2 Å². The van der Waals surface area contributed by atoms with Crippen molar-refractivity contribution < 1.29 is 37.3 Å². The summed E-state index contributed by atoms with van der Waals surface area (Å²) >= 11 is 0. The zero-order valence-electron chi connectivity index (χ0n) is 23.6. The molecule has 3 rings (SSSR count). The highest BCUT2D eigenvalue weighted by atomic mass is 19.4. The summed E-state index contributed by atoms with van der Waals surface area (Å²) in [4.78, 5) is 26.0. The quantitative estimate of drug-likeness (QED) is 0.215. The van der Waals surface area contributed by atoms with E-state index >= 15 is 0 Å². The largest absolute Gasteiger partial charge is 0.492 e. The number of ether oxygens (including phenoxy) is 2. The molecule has 1 aliphatic rings. The third-order valence-corrected chi connectivity index (χ3v) is 7.36. The molecule has 0 aliphatic heterocycles. The van der Waals surface area contributed by atoms with Crippen molar-refractivity contribution in [3.05, 3.63) is 59.7 Å². The highest BCUT2D eigenvalue weighted by Gasteiger charge is 2.30. The molecule has 1 saturated carbocycles. The number of carboxylic acids is 1. The van der Waals surface area contributed by atoms with Crippen LogP contribution in [-0.2, 0) is 22.1 Å². The highest BCUT2D eigenvalue weighted by Crippen LogP contribution is 2.31. The maximum atomic E-state index is 13.1. The van der Waals surface area contributed by atoms with Crippen LogP contribution in [0, 0.1) is 5.92 Å². The molecule has 7 nitrogen and oxygen atoms in total. The molecule has 0 heterocycles. The van der Waals surface area contributed by atoms with Gasteiger partial charge in [0.1, 0.15) is 12.4 Å². The van der Waals surface area contributed by atoms with Gasteiger partial charge in [0.05, 0.1) is 12.1 Å². The summed E-state index contributed by atoms with van der Waals surface area (Å²) < 4.78 is 50.5. The van der Waals surface area contributed by atoms with E-state index in [0.29, 0.717) is 18.9 Å². The van der Waals surface area contributed by atoms with Crippen LogP contribution in [-0.4, -0.2) is 54.4 Å². The van der Waals surface area contributed by atoms with Gasteiger partial charge in [-0.05, 0) is 55.2 Å². The topological polar surface area (TPSA) is 88.1 Å². The van der Waals surface area contributed by atoms with Crippen molar-refractivity contribution in [1.29, 1.82) is 0 Å². The van der Waals surface area contributed by atoms with Crippen LogP contribution in [0.4, 0.5) is 23.7 Å². The molecule has 41 heavy (non-hydrogen) atoms. The number of alkyl halides is 3. The van der Waals surface area contributed by atoms with E-state index in [0.717, 1.165) is 42.9 Å². The Morgan fingerprint density at radius 2 is 1.78 bits per heavy atom. The molecule has 1 unspecified atom stereocenters. The van der Waals surface area contributed by atoms with Crippen molar-refractivity contribution in [3.63, 3.8) is 0 Å². The number of halogens is 3. The summed E-state index contributed by atoms with van der Waals surface area (Å²) in [5.41, 5.74) is 0.0514. The molecule has 10 heteroatoms. The van der Waals surface area contributed by atoms with Gasteiger partial charge in [0, 0.05) is 25.3 Å². The fraction of sp³-hybridized carbons (Fsp3) is 0.548. The molecule has 0 saturated heterocycles. The number of benzene rings is 2. The van der Waals surface area contributed by atoms with Gasteiger partial charge >= 0.3 is 18.2 Å². The Bertz CT molecular complexity index is 1090. The molecule has 226 valence electrons. The molecule has 2 amide bonds. The lowest BCUT2D eigenvalue weighted by molar-refractivity contribution is -0.150. The molecular formula is C31H41F3N2O5. The third kappa shape index (κ3) is 11.3. The smallest absolute Gasteiger partial charge is 0.416 e. The standard InChI is InChI=1S/C31H41F3N2O5/c1-2-40-28(29(37)38)21-24-14-16-27(17-15-24)41-20-19-36(18-7-6-11-23-9-4-3-5-10-23)30(39)35-26-13-8-12-25(22-26)31(32,33)34/h8,12-17,22-23,28H,2-7,9-11,18-21H2,1H3,(H,35,39)(H,37,38). The number of aliphatic carboxylic acids is 1. The van der Waals surface area contributed by atoms with Crippen molar-refractivity contribution in [1.82, 2.24) is 4.90 Å². The first kappa shape index (κ1) is 32.2. The van der Waals surface area contributed by atoms with Gasteiger partial charge in [0.2, 0.25) is 0 Å². The molecule has 0 spiro atoms. The Balaban J connectivity index is 1.56. The van der Waals surface area contributed by atoms with Gasteiger partial charge in [-0.3, -0.25) is 0 Å². The SMILES string of the molecule is CCOC(Cc1ccc(OCCN(CCCCC2CCCCC2)C(=O)Nc2cccc(C(F)(F)F)c2)cc1)C(=O)O. The van der Waals surface area contributed by atoms with Gasteiger partial charge in [-0.1, -0.05) is 63.1 Å².